The monoisotopic (exact) mass is 220 g/mol. The first-order valence-corrected chi connectivity index (χ1v) is 6.21. The lowest BCUT2D eigenvalue weighted by Gasteiger charge is -2.10. The van der Waals surface area contributed by atoms with E-state index in [4.69, 9.17) is 4.52 Å². The molecule has 1 aromatic heterocycles. The van der Waals surface area contributed by atoms with Crippen LogP contribution in [0.4, 0.5) is 0 Å². The number of aryl methyl sites for hydroxylation is 1. The van der Waals surface area contributed by atoms with Gasteiger partial charge in [0.1, 0.15) is 0 Å². The molecule has 2 atom stereocenters. The molecule has 16 heavy (non-hydrogen) atoms. The van der Waals surface area contributed by atoms with E-state index in [-0.39, 0.29) is 0 Å². The van der Waals surface area contributed by atoms with Crippen molar-refractivity contribution in [3.05, 3.63) is 23.9 Å². The first-order valence-electron chi connectivity index (χ1n) is 6.21. The molecule has 2 unspecified atom stereocenters. The van der Waals surface area contributed by atoms with Crippen LogP contribution in [0, 0.1) is 12.8 Å². The summed E-state index contributed by atoms with van der Waals surface area (Å²) in [6, 6.07) is 0. The molecule has 1 heterocycles. The molecule has 1 aliphatic rings. The molecule has 0 bridgehead atoms. The summed E-state index contributed by atoms with van der Waals surface area (Å²) in [5.74, 6) is 2.78. The van der Waals surface area contributed by atoms with E-state index in [0.717, 1.165) is 30.5 Å². The molecule has 0 aromatic carbocycles. The molecule has 0 N–H and O–H groups in total. The molecule has 1 aliphatic carbocycles. The van der Waals surface area contributed by atoms with E-state index in [1.165, 1.54) is 19.3 Å². The van der Waals surface area contributed by atoms with Gasteiger partial charge in [-0.15, -0.1) is 0 Å². The molecule has 0 amide bonds. The average Bonchev–Trinajstić information content (AvgIpc) is 2.70. The van der Waals surface area contributed by atoms with Gasteiger partial charge in [0.2, 0.25) is 5.89 Å². The predicted octanol–water partition coefficient (Wildman–Crippen LogP) is 3.62. The van der Waals surface area contributed by atoms with Crippen LogP contribution in [0.15, 0.2) is 16.7 Å². The molecule has 0 spiro atoms. The van der Waals surface area contributed by atoms with Crippen LogP contribution in [0.2, 0.25) is 0 Å². The summed E-state index contributed by atoms with van der Waals surface area (Å²) in [6.45, 7) is 4.20. The zero-order valence-electron chi connectivity index (χ0n) is 10.1. The maximum atomic E-state index is 5.27. The minimum Gasteiger partial charge on any atom is -0.339 e. The van der Waals surface area contributed by atoms with Gasteiger partial charge in [0.25, 0.3) is 0 Å². The van der Waals surface area contributed by atoms with Crippen molar-refractivity contribution >= 4 is 0 Å². The van der Waals surface area contributed by atoms with Crippen molar-refractivity contribution in [1.29, 1.82) is 0 Å². The van der Waals surface area contributed by atoms with Crippen molar-refractivity contribution < 1.29 is 4.52 Å². The third kappa shape index (κ3) is 2.94. The van der Waals surface area contributed by atoms with Gasteiger partial charge in [-0.05, 0) is 32.1 Å². The quantitative estimate of drug-likeness (QED) is 0.678. The summed E-state index contributed by atoms with van der Waals surface area (Å²) in [6.07, 6.45) is 10.5. The van der Waals surface area contributed by atoms with Gasteiger partial charge in [0.15, 0.2) is 5.82 Å². The summed E-state index contributed by atoms with van der Waals surface area (Å²) in [5, 5.41) is 3.87. The summed E-state index contributed by atoms with van der Waals surface area (Å²) >= 11 is 0. The summed E-state index contributed by atoms with van der Waals surface area (Å²) in [4.78, 5) is 4.34. The van der Waals surface area contributed by atoms with Crippen LogP contribution < -0.4 is 0 Å². The summed E-state index contributed by atoms with van der Waals surface area (Å²) < 4.78 is 5.27. The Balaban J connectivity index is 2.03. The Bertz CT molecular complexity index is 357. The first-order chi connectivity index (χ1) is 7.75. The van der Waals surface area contributed by atoms with E-state index in [1.54, 1.807) is 0 Å². The first kappa shape index (κ1) is 11.4. The van der Waals surface area contributed by atoms with E-state index in [2.05, 4.69) is 29.2 Å². The Hall–Kier alpha value is -1.12. The smallest absolute Gasteiger partial charge is 0.230 e. The highest BCUT2D eigenvalue weighted by Gasteiger charge is 2.18. The zero-order chi connectivity index (χ0) is 11.4. The van der Waals surface area contributed by atoms with Crippen LogP contribution in [0.25, 0.3) is 0 Å². The van der Waals surface area contributed by atoms with Gasteiger partial charge in [0.05, 0.1) is 0 Å². The van der Waals surface area contributed by atoms with Crippen molar-refractivity contribution in [1.82, 2.24) is 10.1 Å². The Morgan fingerprint density at radius 1 is 1.25 bits per heavy atom. The maximum Gasteiger partial charge on any atom is 0.230 e. The van der Waals surface area contributed by atoms with E-state index >= 15 is 0 Å². The second-order valence-electron chi connectivity index (χ2n) is 4.86. The molecule has 2 rings (SSSR count). The maximum absolute atomic E-state index is 5.27. The lowest BCUT2D eigenvalue weighted by Crippen LogP contribution is -1.99. The number of hydrogen-bond acceptors (Lipinski definition) is 3. The fourth-order valence-electron chi connectivity index (χ4n) is 2.24. The molecule has 0 aliphatic heterocycles. The normalized spacial score (nSPS) is 29.1. The zero-order valence-corrected chi connectivity index (χ0v) is 10.1. The van der Waals surface area contributed by atoms with Crippen molar-refractivity contribution in [2.24, 2.45) is 5.92 Å². The van der Waals surface area contributed by atoms with Gasteiger partial charge in [-0.25, -0.2) is 0 Å². The minimum absolute atomic E-state index is 0.419. The number of hydrogen-bond donors (Lipinski definition) is 0. The molecule has 0 saturated heterocycles. The Labute approximate surface area is 96.9 Å². The number of aromatic nitrogens is 2. The third-order valence-electron chi connectivity index (χ3n) is 3.27. The lowest BCUT2D eigenvalue weighted by atomic mass is 9.96. The SMILES string of the molecule is Cc1noc(C2C/C=C\CC(C)CCC2)n1. The highest BCUT2D eigenvalue weighted by Crippen LogP contribution is 2.28. The fraction of sp³-hybridized carbons (Fsp3) is 0.692. The summed E-state index contributed by atoms with van der Waals surface area (Å²) in [7, 11) is 0. The highest BCUT2D eigenvalue weighted by atomic mass is 16.5. The van der Waals surface area contributed by atoms with Gasteiger partial charge in [-0.3, -0.25) is 0 Å². The number of nitrogens with zero attached hydrogens (tertiary/aromatic N) is 2. The largest absolute Gasteiger partial charge is 0.339 e. The van der Waals surface area contributed by atoms with Crippen LogP contribution in [-0.2, 0) is 0 Å². The van der Waals surface area contributed by atoms with Crippen LogP contribution in [0.5, 0.6) is 0 Å². The van der Waals surface area contributed by atoms with Crippen LogP contribution in [0.1, 0.15) is 56.7 Å². The van der Waals surface area contributed by atoms with Gasteiger partial charge in [-0.2, -0.15) is 4.98 Å². The molecule has 3 heteroatoms. The number of rotatable bonds is 1. The van der Waals surface area contributed by atoms with E-state index in [9.17, 15) is 0 Å². The molecule has 3 nitrogen and oxygen atoms in total. The fourth-order valence-corrected chi connectivity index (χ4v) is 2.24. The third-order valence-corrected chi connectivity index (χ3v) is 3.27. The van der Waals surface area contributed by atoms with Crippen LogP contribution in [0.3, 0.4) is 0 Å². The highest BCUT2D eigenvalue weighted by molar-refractivity contribution is 4.98. The Morgan fingerprint density at radius 3 is 2.81 bits per heavy atom. The topological polar surface area (TPSA) is 38.9 Å². The Kier molecular flexibility index (Phi) is 3.75. The van der Waals surface area contributed by atoms with Crippen LogP contribution in [-0.4, -0.2) is 10.1 Å². The molecule has 0 radical (unpaired) electrons. The molecule has 88 valence electrons. The van der Waals surface area contributed by atoms with Gasteiger partial charge in [0, 0.05) is 5.92 Å². The molecule has 1 aromatic rings. The molecular formula is C13H20N2O. The van der Waals surface area contributed by atoms with E-state index in [1.807, 2.05) is 6.92 Å². The van der Waals surface area contributed by atoms with Crippen molar-refractivity contribution in [3.8, 4) is 0 Å². The molecule has 0 fully saturated rings. The van der Waals surface area contributed by atoms with Gasteiger partial charge >= 0.3 is 0 Å². The number of allylic oxidation sites excluding steroid dienone is 2. The predicted molar refractivity (Wildman–Crippen MR) is 63.2 cm³/mol. The van der Waals surface area contributed by atoms with E-state index in [0.29, 0.717) is 5.92 Å². The van der Waals surface area contributed by atoms with Gasteiger partial charge < -0.3 is 4.52 Å². The average molecular weight is 220 g/mol. The van der Waals surface area contributed by atoms with Crippen molar-refractivity contribution in [2.75, 3.05) is 0 Å². The summed E-state index contributed by atoms with van der Waals surface area (Å²) in [5.41, 5.74) is 0. The van der Waals surface area contributed by atoms with Crippen LogP contribution >= 0.6 is 0 Å². The molecule has 0 saturated carbocycles. The Morgan fingerprint density at radius 2 is 2.06 bits per heavy atom. The van der Waals surface area contributed by atoms with Gasteiger partial charge in [-0.1, -0.05) is 37.1 Å². The van der Waals surface area contributed by atoms with Crippen molar-refractivity contribution in [3.63, 3.8) is 0 Å². The second-order valence-corrected chi connectivity index (χ2v) is 4.86. The standard InChI is InChI=1S/C13H20N2O/c1-10-6-3-4-8-12(9-5-7-10)13-14-11(2)15-16-13/h3-4,10,12H,5-9H2,1-2H3/b4-3-. The van der Waals surface area contributed by atoms with Crippen molar-refractivity contribution in [2.45, 2.75) is 51.9 Å². The molecular weight excluding hydrogens is 200 g/mol. The lowest BCUT2D eigenvalue weighted by molar-refractivity contribution is 0.338. The minimum atomic E-state index is 0.419. The second kappa shape index (κ2) is 5.28. The van der Waals surface area contributed by atoms with E-state index < -0.39 is 0 Å².